The molecular weight excluding hydrogens is 216 g/mol. The first-order valence-corrected chi connectivity index (χ1v) is 5.45. The fraction of sp³-hybridized carbons (Fsp3) is 0.231. The summed E-state index contributed by atoms with van der Waals surface area (Å²) >= 11 is 0. The second kappa shape index (κ2) is 4.82. The monoisotopic (exact) mass is 230 g/mol. The summed E-state index contributed by atoms with van der Waals surface area (Å²) in [6.07, 6.45) is 4.51. The zero-order valence-electron chi connectivity index (χ0n) is 9.88. The molecule has 0 fully saturated rings. The zero-order valence-corrected chi connectivity index (χ0v) is 9.88. The molecule has 0 spiro atoms. The fourth-order valence-corrected chi connectivity index (χ4v) is 1.78. The fourth-order valence-electron chi connectivity index (χ4n) is 1.78. The topological polar surface area (TPSA) is 44.1 Å². The van der Waals surface area contributed by atoms with Crippen molar-refractivity contribution in [2.45, 2.75) is 13.5 Å². The molecular formula is C13H14N2O2. The molecule has 88 valence electrons. The van der Waals surface area contributed by atoms with E-state index in [9.17, 15) is 4.79 Å². The van der Waals surface area contributed by atoms with Crippen LogP contribution in [-0.4, -0.2) is 23.2 Å². The number of aryl methyl sites for hydroxylation is 1. The van der Waals surface area contributed by atoms with Crippen molar-refractivity contribution in [1.29, 1.82) is 0 Å². The van der Waals surface area contributed by atoms with Crippen LogP contribution in [0.15, 0.2) is 30.6 Å². The van der Waals surface area contributed by atoms with Gasteiger partial charge in [-0.1, -0.05) is 12.1 Å². The molecule has 0 amide bonds. The molecule has 0 unspecified atom stereocenters. The number of methoxy groups -OCH3 is 1. The number of hydrogen-bond donors (Lipinski definition) is 0. The average Bonchev–Trinajstić information content (AvgIpc) is 2.86. The molecule has 4 nitrogen and oxygen atoms in total. The number of para-hydroxylation sites is 1. The number of benzene rings is 1. The van der Waals surface area contributed by atoms with Gasteiger partial charge in [-0.25, -0.2) is 0 Å². The third-order valence-electron chi connectivity index (χ3n) is 2.64. The van der Waals surface area contributed by atoms with Gasteiger partial charge in [-0.2, -0.15) is 5.10 Å². The maximum Gasteiger partial charge on any atom is 0.153 e. The van der Waals surface area contributed by atoms with Crippen molar-refractivity contribution in [3.63, 3.8) is 0 Å². The standard InChI is InChI=1S/C13H14N2O2/c1-3-15-8-11(7-14-15)12-6-4-5-10(9-16)13(12)17-2/h4-9H,3H2,1-2H3. The van der Waals surface area contributed by atoms with Crippen LogP contribution in [0.3, 0.4) is 0 Å². The van der Waals surface area contributed by atoms with E-state index in [0.717, 1.165) is 24.0 Å². The molecule has 0 radical (unpaired) electrons. The van der Waals surface area contributed by atoms with Crippen molar-refractivity contribution in [1.82, 2.24) is 9.78 Å². The number of ether oxygens (including phenoxy) is 1. The third-order valence-corrected chi connectivity index (χ3v) is 2.64. The Balaban J connectivity index is 2.54. The van der Waals surface area contributed by atoms with E-state index in [1.54, 1.807) is 19.4 Å². The zero-order chi connectivity index (χ0) is 12.3. The molecule has 0 saturated heterocycles. The van der Waals surface area contributed by atoms with Crippen LogP contribution < -0.4 is 4.74 Å². The molecule has 0 aliphatic carbocycles. The van der Waals surface area contributed by atoms with Gasteiger partial charge in [-0.05, 0) is 13.0 Å². The Bertz CT molecular complexity index is 532. The maximum atomic E-state index is 10.9. The van der Waals surface area contributed by atoms with E-state index < -0.39 is 0 Å². The van der Waals surface area contributed by atoms with E-state index in [-0.39, 0.29) is 0 Å². The number of aromatic nitrogens is 2. The van der Waals surface area contributed by atoms with Crippen molar-refractivity contribution in [2.24, 2.45) is 0 Å². The summed E-state index contributed by atoms with van der Waals surface area (Å²) in [5.41, 5.74) is 2.39. The summed E-state index contributed by atoms with van der Waals surface area (Å²) in [7, 11) is 1.57. The molecule has 1 heterocycles. The molecule has 0 N–H and O–H groups in total. The highest BCUT2D eigenvalue weighted by atomic mass is 16.5. The van der Waals surface area contributed by atoms with Crippen molar-refractivity contribution in [3.8, 4) is 16.9 Å². The first kappa shape index (κ1) is 11.4. The molecule has 0 atom stereocenters. The number of nitrogens with zero attached hydrogens (tertiary/aromatic N) is 2. The van der Waals surface area contributed by atoms with Crippen molar-refractivity contribution < 1.29 is 9.53 Å². The summed E-state index contributed by atoms with van der Waals surface area (Å²) in [6, 6.07) is 5.49. The van der Waals surface area contributed by atoms with E-state index >= 15 is 0 Å². The van der Waals surface area contributed by atoms with Gasteiger partial charge in [-0.15, -0.1) is 0 Å². The quantitative estimate of drug-likeness (QED) is 0.757. The largest absolute Gasteiger partial charge is 0.495 e. The van der Waals surface area contributed by atoms with E-state index in [4.69, 9.17) is 4.74 Å². The molecule has 2 aromatic rings. The average molecular weight is 230 g/mol. The number of hydrogen-bond acceptors (Lipinski definition) is 3. The molecule has 0 bridgehead atoms. The van der Waals surface area contributed by atoms with Gasteiger partial charge in [0.05, 0.1) is 18.9 Å². The number of aldehydes is 1. The molecule has 0 aliphatic heterocycles. The minimum atomic E-state index is 0.550. The second-order valence-corrected chi connectivity index (χ2v) is 3.63. The van der Waals surface area contributed by atoms with Crippen LogP contribution in [0.2, 0.25) is 0 Å². The summed E-state index contributed by atoms with van der Waals surface area (Å²) in [6.45, 7) is 2.84. The first-order valence-electron chi connectivity index (χ1n) is 5.45. The van der Waals surface area contributed by atoms with Crippen molar-refractivity contribution in [3.05, 3.63) is 36.2 Å². The Hall–Kier alpha value is -2.10. The maximum absolute atomic E-state index is 10.9. The van der Waals surface area contributed by atoms with E-state index in [2.05, 4.69) is 5.10 Å². The number of carbonyl (C=O) groups is 1. The summed E-state index contributed by atoms with van der Waals surface area (Å²) in [4.78, 5) is 10.9. The lowest BCUT2D eigenvalue weighted by atomic mass is 10.0. The van der Waals surface area contributed by atoms with Gasteiger partial charge < -0.3 is 4.74 Å². The van der Waals surface area contributed by atoms with Crippen LogP contribution in [0, 0.1) is 0 Å². The van der Waals surface area contributed by atoms with E-state index in [0.29, 0.717) is 11.3 Å². The van der Waals surface area contributed by atoms with Crippen LogP contribution >= 0.6 is 0 Å². The van der Waals surface area contributed by atoms with E-state index in [1.807, 2.05) is 29.9 Å². The van der Waals surface area contributed by atoms with Gasteiger partial charge in [-0.3, -0.25) is 9.48 Å². The Morgan fingerprint density at radius 3 is 2.88 bits per heavy atom. The van der Waals surface area contributed by atoms with Gasteiger partial charge >= 0.3 is 0 Å². The molecule has 0 aliphatic rings. The predicted octanol–water partition coefficient (Wildman–Crippen LogP) is 2.39. The lowest BCUT2D eigenvalue weighted by Gasteiger charge is -2.08. The summed E-state index contributed by atoms with van der Waals surface area (Å²) in [5.74, 6) is 0.596. The number of carbonyl (C=O) groups excluding carboxylic acids is 1. The van der Waals surface area contributed by atoms with Gasteiger partial charge in [0.2, 0.25) is 0 Å². The van der Waals surface area contributed by atoms with Crippen LogP contribution in [0.1, 0.15) is 17.3 Å². The highest BCUT2D eigenvalue weighted by Gasteiger charge is 2.11. The minimum absolute atomic E-state index is 0.550. The Labute approximate surface area is 99.8 Å². The van der Waals surface area contributed by atoms with Gasteiger partial charge in [0.1, 0.15) is 5.75 Å². The highest BCUT2D eigenvalue weighted by Crippen LogP contribution is 2.31. The van der Waals surface area contributed by atoms with Crippen LogP contribution in [0.5, 0.6) is 5.75 Å². The molecule has 1 aromatic carbocycles. The number of rotatable bonds is 4. The van der Waals surface area contributed by atoms with Crippen molar-refractivity contribution >= 4 is 6.29 Å². The summed E-state index contributed by atoms with van der Waals surface area (Å²) < 4.78 is 7.13. The van der Waals surface area contributed by atoms with Crippen molar-refractivity contribution in [2.75, 3.05) is 7.11 Å². The van der Waals surface area contributed by atoms with Crippen LogP contribution in [0.4, 0.5) is 0 Å². The Morgan fingerprint density at radius 1 is 1.47 bits per heavy atom. The van der Waals surface area contributed by atoms with Gasteiger partial charge in [0, 0.05) is 23.9 Å². The predicted molar refractivity (Wildman–Crippen MR) is 65.3 cm³/mol. The second-order valence-electron chi connectivity index (χ2n) is 3.63. The first-order chi connectivity index (χ1) is 8.30. The SMILES string of the molecule is CCn1cc(-c2cccc(C=O)c2OC)cn1. The van der Waals surface area contributed by atoms with E-state index in [1.165, 1.54) is 0 Å². The summed E-state index contributed by atoms with van der Waals surface area (Å²) in [5, 5.41) is 4.21. The highest BCUT2D eigenvalue weighted by molar-refractivity contribution is 5.85. The smallest absolute Gasteiger partial charge is 0.153 e. The normalized spacial score (nSPS) is 10.2. The third kappa shape index (κ3) is 2.06. The van der Waals surface area contributed by atoms with Crippen LogP contribution in [0.25, 0.3) is 11.1 Å². The molecule has 4 heteroatoms. The van der Waals surface area contributed by atoms with Crippen LogP contribution in [-0.2, 0) is 6.54 Å². The molecule has 17 heavy (non-hydrogen) atoms. The Kier molecular flexibility index (Phi) is 3.23. The van der Waals surface area contributed by atoms with Gasteiger partial charge in [0.25, 0.3) is 0 Å². The lowest BCUT2D eigenvalue weighted by molar-refractivity contribution is 0.112. The molecule has 1 aromatic heterocycles. The Morgan fingerprint density at radius 2 is 2.29 bits per heavy atom. The van der Waals surface area contributed by atoms with Gasteiger partial charge in [0.15, 0.2) is 6.29 Å². The lowest BCUT2D eigenvalue weighted by Crippen LogP contribution is -1.94. The minimum Gasteiger partial charge on any atom is -0.495 e. The molecule has 2 rings (SSSR count). The molecule has 0 saturated carbocycles.